The Morgan fingerprint density at radius 3 is 2.72 bits per heavy atom. The van der Waals surface area contributed by atoms with E-state index in [1.165, 1.54) is 12.0 Å². The third kappa shape index (κ3) is 5.32. The number of rotatable bonds is 7. The molecule has 25 heavy (non-hydrogen) atoms. The third-order valence-electron chi connectivity index (χ3n) is 5.55. The Labute approximate surface area is 151 Å². The van der Waals surface area contributed by atoms with Gasteiger partial charge in [0.05, 0.1) is 0 Å². The summed E-state index contributed by atoms with van der Waals surface area (Å²) in [6.07, 6.45) is 7.66. The minimum atomic E-state index is 0.256. The number of aryl methyl sites for hydroxylation is 1. The van der Waals surface area contributed by atoms with Crippen molar-refractivity contribution in [3.8, 4) is 0 Å². The van der Waals surface area contributed by atoms with Gasteiger partial charge < -0.3 is 9.80 Å². The predicted molar refractivity (Wildman–Crippen MR) is 99.1 cm³/mol. The van der Waals surface area contributed by atoms with Crippen LogP contribution < -0.4 is 0 Å². The monoisotopic (exact) mass is 342 g/mol. The first-order valence-electron chi connectivity index (χ1n) is 9.82. The minimum Gasteiger partial charge on any atom is -0.343 e. The van der Waals surface area contributed by atoms with Crippen molar-refractivity contribution in [2.45, 2.75) is 51.4 Å². The summed E-state index contributed by atoms with van der Waals surface area (Å²) in [7, 11) is 0. The Balaban J connectivity index is 1.38. The molecular weight excluding hydrogens is 312 g/mol. The molecule has 3 rings (SSSR count). The summed E-state index contributed by atoms with van der Waals surface area (Å²) in [6.45, 7) is 3.44. The zero-order chi connectivity index (χ0) is 17.5. The van der Waals surface area contributed by atoms with Crippen LogP contribution in [0.15, 0.2) is 30.3 Å². The quantitative estimate of drug-likeness (QED) is 0.763. The Bertz CT molecular complexity index is 573. The van der Waals surface area contributed by atoms with Crippen LogP contribution in [0, 0.1) is 5.92 Å². The van der Waals surface area contributed by atoms with Gasteiger partial charge in [0, 0.05) is 39.0 Å². The molecule has 2 aliphatic rings. The van der Waals surface area contributed by atoms with E-state index in [0.29, 0.717) is 18.8 Å². The highest BCUT2D eigenvalue weighted by Crippen LogP contribution is 2.22. The first-order chi connectivity index (χ1) is 12.2. The summed E-state index contributed by atoms with van der Waals surface area (Å²) in [6, 6.07) is 10.6. The van der Waals surface area contributed by atoms with Crippen LogP contribution in [-0.2, 0) is 16.0 Å². The van der Waals surface area contributed by atoms with E-state index in [1.54, 1.807) is 0 Å². The standard InChI is InChI=1S/C21H30N2O2/c24-20-10-5-14-22(20)15-6-11-21(25)23-16-4-9-19(17-23)13-12-18-7-2-1-3-8-18/h1-3,7-8,19H,4-6,9-17H2/t19-/m1/s1. The van der Waals surface area contributed by atoms with Crippen molar-refractivity contribution >= 4 is 11.8 Å². The summed E-state index contributed by atoms with van der Waals surface area (Å²) in [5.41, 5.74) is 1.39. The summed E-state index contributed by atoms with van der Waals surface area (Å²) in [4.78, 5) is 28.1. The van der Waals surface area contributed by atoms with Crippen molar-refractivity contribution in [3.63, 3.8) is 0 Å². The van der Waals surface area contributed by atoms with Gasteiger partial charge in [-0.1, -0.05) is 30.3 Å². The van der Waals surface area contributed by atoms with Gasteiger partial charge in [-0.2, -0.15) is 0 Å². The highest BCUT2D eigenvalue weighted by Gasteiger charge is 2.24. The molecule has 0 aliphatic carbocycles. The van der Waals surface area contributed by atoms with Crippen molar-refractivity contribution in [1.82, 2.24) is 9.80 Å². The number of hydrogen-bond donors (Lipinski definition) is 0. The highest BCUT2D eigenvalue weighted by atomic mass is 16.2. The number of carbonyl (C=O) groups excluding carboxylic acids is 2. The molecule has 0 saturated carbocycles. The van der Waals surface area contributed by atoms with E-state index in [1.807, 2.05) is 4.90 Å². The fourth-order valence-corrected chi connectivity index (χ4v) is 4.06. The van der Waals surface area contributed by atoms with Crippen molar-refractivity contribution in [2.75, 3.05) is 26.2 Å². The molecule has 0 N–H and O–H groups in total. The molecule has 2 heterocycles. The van der Waals surface area contributed by atoms with Gasteiger partial charge >= 0.3 is 0 Å². The first-order valence-corrected chi connectivity index (χ1v) is 9.82. The Hall–Kier alpha value is -1.84. The average Bonchev–Trinajstić information content (AvgIpc) is 3.06. The van der Waals surface area contributed by atoms with E-state index in [2.05, 4.69) is 35.2 Å². The van der Waals surface area contributed by atoms with Crippen LogP contribution in [0.25, 0.3) is 0 Å². The van der Waals surface area contributed by atoms with E-state index in [4.69, 9.17) is 0 Å². The molecule has 2 saturated heterocycles. The van der Waals surface area contributed by atoms with Crippen LogP contribution >= 0.6 is 0 Å². The summed E-state index contributed by atoms with van der Waals surface area (Å²) >= 11 is 0. The Kier molecular flexibility index (Phi) is 6.48. The molecular formula is C21H30N2O2. The van der Waals surface area contributed by atoms with Gasteiger partial charge in [-0.3, -0.25) is 9.59 Å². The Morgan fingerprint density at radius 2 is 1.96 bits per heavy atom. The number of hydrogen-bond acceptors (Lipinski definition) is 2. The molecule has 0 radical (unpaired) electrons. The van der Waals surface area contributed by atoms with Crippen molar-refractivity contribution in [2.24, 2.45) is 5.92 Å². The molecule has 1 aromatic rings. The fraction of sp³-hybridized carbons (Fsp3) is 0.619. The first kappa shape index (κ1) is 18.0. The van der Waals surface area contributed by atoms with Crippen LogP contribution in [0.1, 0.15) is 50.5 Å². The van der Waals surface area contributed by atoms with Crippen LogP contribution in [0.5, 0.6) is 0 Å². The topological polar surface area (TPSA) is 40.6 Å². The maximum absolute atomic E-state index is 12.5. The number of likely N-dealkylation sites (tertiary alicyclic amines) is 2. The van der Waals surface area contributed by atoms with Crippen molar-refractivity contribution < 1.29 is 9.59 Å². The molecule has 4 nitrogen and oxygen atoms in total. The molecule has 1 aromatic carbocycles. The summed E-state index contributed by atoms with van der Waals surface area (Å²) in [5, 5.41) is 0. The van der Waals surface area contributed by atoms with Gasteiger partial charge in [-0.25, -0.2) is 0 Å². The predicted octanol–water partition coefficient (Wildman–Crippen LogP) is 3.26. The van der Waals surface area contributed by atoms with Crippen LogP contribution in [0.2, 0.25) is 0 Å². The smallest absolute Gasteiger partial charge is 0.222 e. The van der Waals surface area contributed by atoms with Crippen LogP contribution in [0.4, 0.5) is 0 Å². The van der Waals surface area contributed by atoms with Gasteiger partial charge in [-0.15, -0.1) is 0 Å². The SMILES string of the molecule is O=C1CCCN1CCCC(=O)N1CCC[C@H](CCc2ccccc2)C1. The summed E-state index contributed by atoms with van der Waals surface area (Å²) < 4.78 is 0. The Morgan fingerprint density at radius 1 is 1.12 bits per heavy atom. The van der Waals surface area contributed by atoms with E-state index >= 15 is 0 Å². The van der Waals surface area contributed by atoms with Gasteiger partial charge in [0.2, 0.25) is 11.8 Å². The van der Waals surface area contributed by atoms with E-state index in [9.17, 15) is 9.59 Å². The van der Waals surface area contributed by atoms with Gasteiger partial charge in [0.15, 0.2) is 0 Å². The molecule has 2 amide bonds. The minimum absolute atomic E-state index is 0.256. The van der Waals surface area contributed by atoms with Gasteiger partial charge in [0.1, 0.15) is 0 Å². The maximum Gasteiger partial charge on any atom is 0.222 e. The number of carbonyl (C=O) groups is 2. The maximum atomic E-state index is 12.5. The second-order valence-electron chi connectivity index (χ2n) is 7.46. The lowest BCUT2D eigenvalue weighted by Crippen LogP contribution is -2.40. The second kappa shape index (κ2) is 9.02. The van der Waals surface area contributed by atoms with Gasteiger partial charge in [0.25, 0.3) is 0 Å². The molecule has 4 heteroatoms. The molecule has 2 aliphatic heterocycles. The molecule has 0 aromatic heterocycles. The van der Waals surface area contributed by atoms with E-state index < -0.39 is 0 Å². The highest BCUT2D eigenvalue weighted by molar-refractivity contribution is 5.78. The molecule has 0 spiro atoms. The normalized spacial score (nSPS) is 21.0. The largest absolute Gasteiger partial charge is 0.343 e. The average molecular weight is 342 g/mol. The second-order valence-corrected chi connectivity index (χ2v) is 7.46. The molecule has 136 valence electrons. The van der Waals surface area contributed by atoms with Crippen molar-refractivity contribution in [1.29, 1.82) is 0 Å². The van der Waals surface area contributed by atoms with Crippen LogP contribution in [-0.4, -0.2) is 47.8 Å². The van der Waals surface area contributed by atoms with Crippen LogP contribution in [0.3, 0.4) is 0 Å². The molecule has 1 atom stereocenters. The van der Waals surface area contributed by atoms with Gasteiger partial charge in [-0.05, 0) is 50.0 Å². The summed E-state index contributed by atoms with van der Waals surface area (Å²) in [5.74, 6) is 1.15. The molecule has 0 bridgehead atoms. The lowest BCUT2D eigenvalue weighted by atomic mass is 9.91. The number of benzene rings is 1. The number of nitrogens with zero attached hydrogens (tertiary/aromatic N) is 2. The van der Waals surface area contributed by atoms with E-state index in [0.717, 1.165) is 58.3 Å². The zero-order valence-corrected chi connectivity index (χ0v) is 15.2. The molecule has 0 unspecified atom stereocenters. The van der Waals surface area contributed by atoms with E-state index in [-0.39, 0.29) is 11.8 Å². The lowest BCUT2D eigenvalue weighted by molar-refractivity contribution is -0.134. The zero-order valence-electron chi connectivity index (χ0n) is 15.2. The number of piperidine rings is 1. The lowest BCUT2D eigenvalue weighted by Gasteiger charge is -2.33. The third-order valence-corrected chi connectivity index (χ3v) is 5.55. The fourth-order valence-electron chi connectivity index (χ4n) is 4.06. The van der Waals surface area contributed by atoms with Crippen molar-refractivity contribution in [3.05, 3.63) is 35.9 Å². The number of amides is 2. The molecule has 2 fully saturated rings.